The molecule has 2 heteroatoms. The van der Waals surface area contributed by atoms with E-state index < -0.39 is 0 Å². The molecule has 0 spiro atoms. The van der Waals surface area contributed by atoms with Gasteiger partial charge in [-0.25, -0.2) is 0 Å². The molecule has 1 aliphatic heterocycles. The second-order valence-corrected chi connectivity index (χ2v) is 5.25. The minimum Gasteiger partial charge on any atom is -0.370 e. The molecule has 1 aliphatic carbocycles. The lowest BCUT2D eigenvalue weighted by atomic mass is 10.1. The topological polar surface area (TPSA) is 16.1 Å². The minimum absolute atomic E-state index is 0.957. The molecule has 1 saturated carbocycles. The quantitative estimate of drug-likeness (QED) is 0.772. The first-order valence-electron chi connectivity index (χ1n) is 6.61. The number of hydrogen-bond acceptors (Lipinski definition) is 2. The van der Waals surface area contributed by atoms with Crippen LogP contribution in [0, 0.1) is 5.92 Å². The predicted octanol–water partition coefficient (Wildman–Crippen LogP) is 3.02. The van der Waals surface area contributed by atoms with E-state index in [1.807, 2.05) is 12.4 Å². The molecule has 2 nitrogen and oxygen atoms in total. The monoisotopic (exact) mass is 216 g/mol. The molecule has 2 heterocycles. The van der Waals surface area contributed by atoms with Gasteiger partial charge in [0.25, 0.3) is 0 Å². The molecule has 1 aromatic rings. The van der Waals surface area contributed by atoms with Gasteiger partial charge in [-0.2, -0.15) is 0 Å². The number of piperidine rings is 1. The van der Waals surface area contributed by atoms with Crippen LogP contribution in [0.5, 0.6) is 0 Å². The van der Waals surface area contributed by atoms with Gasteiger partial charge in [0.15, 0.2) is 0 Å². The van der Waals surface area contributed by atoms with Crippen LogP contribution in [0.25, 0.3) is 0 Å². The average Bonchev–Trinajstić information content (AvgIpc) is 3.15. The fraction of sp³-hybridized carbons (Fsp3) is 0.643. The third-order valence-electron chi connectivity index (χ3n) is 3.72. The Morgan fingerprint density at radius 2 is 1.94 bits per heavy atom. The zero-order valence-corrected chi connectivity index (χ0v) is 9.86. The van der Waals surface area contributed by atoms with E-state index >= 15 is 0 Å². The van der Waals surface area contributed by atoms with Crippen LogP contribution < -0.4 is 4.90 Å². The van der Waals surface area contributed by atoms with Crippen molar-refractivity contribution < 1.29 is 0 Å². The summed E-state index contributed by atoms with van der Waals surface area (Å²) in [7, 11) is 0. The first-order valence-corrected chi connectivity index (χ1v) is 6.61. The molecule has 0 bridgehead atoms. The average molecular weight is 216 g/mol. The first-order chi connectivity index (χ1) is 7.92. The third kappa shape index (κ3) is 2.37. The van der Waals surface area contributed by atoms with Crippen LogP contribution in [0.15, 0.2) is 18.5 Å². The molecular weight excluding hydrogens is 196 g/mol. The van der Waals surface area contributed by atoms with E-state index in [9.17, 15) is 0 Å². The van der Waals surface area contributed by atoms with E-state index in [-0.39, 0.29) is 0 Å². The van der Waals surface area contributed by atoms with E-state index in [0.29, 0.717) is 0 Å². The lowest BCUT2D eigenvalue weighted by Crippen LogP contribution is -2.29. The van der Waals surface area contributed by atoms with E-state index in [4.69, 9.17) is 0 Å². The standard InChI is InChI=1S/C14H20N2/c1-2-6-16(7-3-1)14-9-13(10-15-11-14)8-12-4-5-12/h9-12H,1-8H2. The summed E-state index contributed by atoms with van der Waals surface area (Å²) in [5.74, 6) is 0.957. The van der Waals surface area contributed by atoms with Crippen molar-refractivity contribution in [1.29, 1.82) is 0 Å². The number of hydrogen-bond donors (Lipinski definition) is 0. The molecule has 86 valence electrons. The van der Waals surface area contributed by atoms with Gasteiger partial charge in [0.2, 0.25) is 0 Å². The molecule has 0 radical (unpaired) electrons. The van der Waals surface area contributed by atoms with Crippen molar-refractivity contribution in [3.8, 4) is 0 Å². The zero-order valence-electron chi connectivity index (χ0n) is 9.86. The Morgan fingerprint density at radius 3 is 2.69 bits per heavy atom. The van der Waals surface area contributed by atoms with Crippen LogP contribution in [-0.2, 0) is 6.42 Å². The van der Waals surface area contributed by atoms with Gasteiger partial charge in [-0.1, -0.05) is 0 Å². The van der Waals surface area contributed by atoms with Crippen molar-refractivity contribution in [1.82, 2.24) is 4.98 Å². The highest BCUT2D eigenvalue weighted by molar-refractivity contribution is 5.46. The SMILES string of the molecule is c1ncc(N2CCCCC2)cc1CC1CC1. The molecule has 0 aromatic carbocycles. The fourth-order valence-electron chi connectivity index (χ4n) is 2.57. The molecule has 0 amide bonds. The molecule has 16 heavy (non-hydrogen) atoms. The van der Waals surface area contributed by atoms with E-state index in [2.05, 4.69) is 16.0 Å². The van der Waals surface area contributed by atoms with Crippen molar-refractivity contribution in [2.45, 2.75) is 38.5 Å². The molecule has 3 rings (SSSR count). The van der Waals surface area contributed by atoms with Gasteiger partial charge in [-0.3, -0.25) is 4.98 Å². The molecule has 0 unspecified atom stereocenters. The summed E-state index contributed by atoms with van der Waals surface area (Å²) in [5.41, 5.74) is 2.78. The maximum Gasteiger partial charge on any atom is 0.0555 e. The molecule has 1 saturated heterocycles. The summed E-state index contributed by atoms with van der Waals surface area (Å²) in [4.78, 5) is 6.89. The van der Waals surface area contributed by atoms with Crippen LogP contribution in [-0.4, -0.2) is 18.1 Å². The van der Waals surface area contributed by atoms with Crippen molar-refractivity contribution in [2.24, 2.45) is 5.92 Å². The normalized spacial score (nSPS) is 21.1. The summed E-state index contributed by atoms with van der Waals surface area (Å²) in [6, 6.07) is 2.36. The summed E-state index contributed by atoms with van der Waals surface area (Å²) in [5, 5.41) is 0. The van der Waals surface area contributed by atoms with E-state index in [1.165, 1.54) is 62.9 Å². The van der Waals surface area contributed by atoms with Gasteiger partial charge in [-0.05, 0) is 56.1 Å². The largest absolute Gasteiger partial charge is 0.370 e. The smallest absolute Gasteiger partial charge is 0.0555 e. The fourth-order valence-corrected chi connectivity index (χ4v) is 2.57. The van der Waals surface area contributed by atoms with Crippen LogP contribution in [0.4, 0.5) is 5.69 Å². The molecule has 2 aliphatic rings. The highest BCUT2D eigenvalue weighted by Gasteiger charge is 2.22. The Bertz CT molecular complexity index is 352. The Morgan fingerprint density at radius 1 is 1.12 bits per heavy atom. The van der Waals surface area contributed by atoms with Crippen molar-refractivity contribution in [2.75, 3.05) is 18.0 Å². The Hall–Kier alpha value is -1.05. The van der Waals surface area contributed by atoms with Gasteiger partial charge in [0.1, 0.15) is 0 Å². The first kappa shape index (κ1) is 10.1. The zero-order chi connectivity index (χ0) is 10.8. The maximum atomic E-state index is 4.40. The van der Waals surface area contributed by atoms with Crippen molar-refractivity contribution in [3.05, 3.63) is 24.0 Å². The van der Waals surface area contributed by atoms with E-state index in [0.717, 1.165) is 5.92 Å². The van der Waals surface area contributed by atoms with Gasteiger partial charge < -0.3 is 4.90 Å². The third-order valence-corrected chi connectivity index (χ3v) is 3.72. The van der Waals surface area contributed by atoms with E-state index in [1.54, 1.807) is 0 Å². The Balaban J connectivity index is 1.72. The number of aromatic nitrogens is 1. The lowest BCUT2D eigenvalue weighted by molar-refractivity contribution is 0.577. The second-order valence-electron chi connectivity index (χ2n) is 5.25. The molecule has 1 aromatic heterocycles. The lowest BCUT2D eigenvalue weighted by Gasteiger charge is -2.28. The van der Waals surface area contributed by atoms with Crippen LogP contribution >= 0.6 is 0 Å². The summed E-state index contributed by atoms with van der Waals surface area (Å²) in [6.07, 6.45) is 12.2. The van der Waals surface area contributed by atoms with Gasteiger partial charge >= 0.3 is 0 Å². The Kier molecular flexibility index (Phi) is 2.81. The van der Waals surface area contributed by atoms with Crippen LogP contribution in [0.1, 0.15) is 37.7 Å². The number of anilines is 1. The summed E-state index contributed by atoms with van der Waals surface area (Å²) < 4.78 is 0. The summed E-state index contributed by atoms with van der Waals surface area (Å²) >= 11 is 0. The van der Waals surface area contributed by atoms with Gasteiger partial charge in [0, 0.05) is 19.3 Å². The highest BCUT2D eigenvalue weighted by Crippen LogP contribution is 2.33. The van der Waals surface area contributed by atoms with Crippen molar-refractivity contribution in [3.63, 3.8) is 0 Å². The number of rotatable bonds is 3. The summed E-state index contributed by atoms with van der Waals surface area (Å²) in [6.45, 7) is 2.43. The van der Waals surface area contributed by atoms with Gasteiger partial charge in [0.05, 0.1) is 11.9 Å². The minimum atomic E-state index is 0.957. The predicted molar refractivity (Wildman–Crippen MR) is 66.7 cm³/mol. The van der Waals surface area contributed by atoms with Crippen LogP contribution in [0.2, 0.25) is 0 Å². The maximum absolute atomic E-state index is 4.40. The Labute approximate surface area is 97.7 Å². The van der Waals surface area contributed by atoms with Crippen LogP contribution in [0.3, 0.4) is 0 Å². The van der Waals surface area contributed by atoms with Crippen molar-refractivity contribution >= 4 is 5.69 Å². The molecular formula is C14H20N2. The number of nitrogens with zero attached hydrogens (tertiary/aromatic N) is 2. The second kappa shape index (κ2) is 4.44. The highest BCUT2D eigenvalue weighted by atomic mass is 15.1. The number of pyridine rings is 1. The molecule has 0 atom stereocenters. The molecule has 2 fully saturated rings. The van der Waals surface area contributed by atoms with Gasteiger partial charge in [-0.15, -0.1) is 0 Å². The molecule has 0 N–H and O–H groups in total.